The van der Waals surface area contributed by atoms with Gasteiger partial charge in [-0.25, -0.2) is 0 Å². The summed E-state index contributed by atoms with van der Waals surface area (Å²) in [6.45, 7) is 0. The van der Waals surface area contributed by atoms with Crippen molar-refractivity contribution in [2.75, 3.05) is 0 Å². The average molecular weight is 300 g/mol. The van der Waals surface area contributed by atoms with Crippen molar-refractivity contribution in [1.82, 2.24) is 0 Å². The zero-order chi connectivity index (χ0) is 12.9. The van der Waals surface area contributed by atoms with E-state index in [0.717, 1.165) is 5.56 Å². The number of phenolic OH excluding ortho intramolecular Hbond substituents is 1. The maximum absolute atomic E-state index is 11.9. The van der Waals surface area contributed by atoms with Crippen molar-refractivity contribution in [2.24, 2.45) is 0 Å². The minimum Gasteiger partial charge on any atom is -0.508 e. The van der Waals surface area contributed by atoms with E-state index in [2.05, 4.69) is 0 Å². The van der Waals surface area contributed by atoms with Crippen LogP contribution in [-0.2, 0) is 11.2 Å². The Morgan fingerprint density at radius 3 is 2.11 bits per heavy atom. The van der Waals surface area contributed by atoms with Crippen LogP contribution in [0.3, 0.4) is 0 Å². The van der Waals surface area contributed by atoms with E-state index >= 15 is 0 Å². The summed E-state index contributed by atoms with van der Waals surface area (Å²) in [6.07, 6.45) is -3.82. The molecule has 0 aliphatic carbocycles. The number of alkyl halides is 3. The number of ketones is 1. The third kappa shape index (κ3) is 8.81. The molecule has 0 saturated carbocycles. The van der Waals surface area contributed by atoms with Crippen LogP contribution in [0.2, 0.25) is 0 Å². The van der Waals surface area contributed by atoms with Gasteiger partial charge < -0.3 is 12.5 Å². The number of hydrogen-bond acceptors (Lipinski definition) is 2. The second-order valence-corrected chi connectivity index (χ2v) is 3.79. The maximum atomic E-state index is 11.9. The van der Waals surface area contributed by atoms with Crippen molar-refractivity contribution in [3.63, 3.8) is 0 Å². The molecule has 0 atom stereocenters. The Morgan fingerprint density at radius 1 is 1.11 bits per heavy atom. The standard InChI is InChI=1S/C12H13F3O2.CH3.K/c13-12(14,15)11(17)4-2-1-3-9-5-7-10(16)8-6-9;;/h5-8,16H,1-4H2;1H3;/q;-1;+1. The van der Waals surface area contributed by atoms with Gasteiger partial charge >= 0.3 is 57.6 Å². The predicted octanol–water partition coefficient (Wildman–Crippen LogP) is 0.691. The molecule has 19 heavy (non-hydrogen) atoms. The Hall–Kier alpha value is 0.116. The van der Waals surface area contributed by atoms with E-state index in [1.165, 1.54) is 12.1 Å². The zero-order valence-corrected chi connectivity index (χ0v) is 14.3. The molecule has 0 fully saturated rings. The fraction of sp³-hybridized carbons (Fsp3) is 0.385. The van der Waals surface area contributed by atoms with Crippen LogP contribution in [0, 0.1) is 7.43 Å². The number of halogens is 3. The molecule has 0 saturated heterocycles. The first-order chi connectivity index (χ1) is 7.89. The number of carbonyl (C=O) groups excluding carboxylic acids is 1. The number of benzene rings is 1. The summed E-state index contributed by atoms with van der Waals surface area (Å²) in [5.74, 6) is -1.51. The molecule has 0 heterocycles. The van der Waals surface area contributed by atoms with Crippen LogP contribution in [0.1, 0.15) is 24.8 Å². The van der Waals surface area contributed by atoms with Gasteiger partial charge in [-0.3, -0.25) is 4.79 Å². The molecule has 0 spiro atoms. The molecule has 2 nitrogen and oxygen atoms in total. The minimum absolute atomic E-state index is 0. The van der Waals surface area contributed by atoms with E-state index in [9.17, 15) is 18.0 Å². The molecule has 1 aromatic rings. The summed E-state index contributed by atoms with van der Waals surface area (Å²) in [5.41, 5.74) is 0.933. The molecule has 1 aromatic carbocycles. The van der Waals surface area contributed by atoms with Crippen LogP contribution in [0.15, 0.2) is 24.3 Å². The molecule has 0 bridgehead atoms. The molecule has 102 valence electrons. The number of carbonyl (C=O) groups is 1. The Morgan fingerprint density at radius 2 is 1.63 bits per heavy atom. The number of phenols is 1. The molecule has 1 N–H and O–H groups in total. The van der Waals surface area contributed by atoms with Gasteiger partial charge in [-0.15, -0.1) is 0 Å². The third-order valence-electron chi connectivity index (χ3n) is 2.37. The monoisotopic (exact) mass is 300 g/mol. The zero-order valence-electron chi connectivity index (χ0n) is 11.1. The second-order valence-electron chi connectivity index (χ2n) is 3.79. The summed E-state index contributed by atoms with van der Waals surface area (Å²) >= 11 is 0. The van der Waals surface area contributed by atoms with Crippen LogP contribution in [-0.4, -0.2) is 17.1 Å². The summed E-state index contributed by atoms with van der Waals surface area (Å²) in [4.78, 5) is 10.6. The van der Waals surface area contributed by atoms with Gasteiger partial charge in [0.2, 0.25) is 5.78 Å². The molecule has 0 aliphatic rings. The summed E-state index contributed by atoms with van der Waals surface area (Å²) in [5, 5.41) is 9.02. The molecular weight excluding hydrogens is 284 g/mol. The molecular formula is C13H16F3KO2. The number of rotatable bonds is 5. The van der Waals surface area contributed by atoms with Crippen molar-refractivity contribution < 1.29 is 74.5 Å². The van der Waals surface area contributed by atoms with E-state index in [1.807, 2.05) is 0 Å². The van der Waals surface area contributed by atoms with E-state index in [4.69, 9.17) is 5.11 Å². The van der Waals surface area contributed by atoms with Gasteiger partial charge in [0, 0.05) is 6.42 Å². The van der Waals surface area contributed by atoms with Crippen molar-refractivity contribution >= 4 is 5.78 Å². The van der Waals surface area contributed by atoms with E-state index in [0.29, 0.717) is 12.8 Å². The van der Waals surface area contributed by atoms with Gasteiger partial charge in [-0.2, -0.15) is 13.2 Å². The summed E-state index contributed by atoms with van der Waals surface area (Å²) in [6, 6.07) is 6.47. The molecule has 1 rings (SSSR count). The molecule has 6 heteroatoms. The molecule has 0 aliphatic heterocycles. The molecule has 0 amide bonds. The van der Waals surface area contributed by atoms with Crippen molar-refractivity contribution in [3.8, 4) is 5.75 Å². The number of aromatic hydroxyl groups is 1. The third-order valence-corrected chi connectivity index (χ3v) is 2.37. The van der Waals surface area contributed by atoms with Crippen molar-refractivity contribution in [3.05, 3.63) is 37.3 Å². The van der Waals surface area contributed by atoms with Gasteiger partial charge in [-0.05, 0) is 37.0 Å². The molecule has 0 aromatic heterocycles. The smallest absolute Gasteiger partial charge is 0.508 e. The first-order valence-corrected chi connectivity index (χ1v) is 5.27. The average Bonchev–Trinajstić information content (AvgIpc) is 2.25. The number of aryl methyl sites for hydroxylation is 1. The first-order valence-electron chi connectivity index (χ1n) is 5.27. The predicted molar refractivity (Wildman–Crippen MR) is 63.1 cm³/mol. The number of unbranched alkanes of at least 4 members (excludes halogenated alkanes) is 1. The fourth-order valence-electron chi connectivity index (χ4n) is 1.42. The number of Topliss-reactive ketones (excluding diaryl/α,β-unsaturated/α-hetero) is 1. The molecule has 0 unspecified atom stereocenters. The van der Waals surface area contributed by atoms with Crippen LogP contribution < -0.4 is 51.4 Å². The Balaban J connectivity index is 0. The fourth-order valence-corrected chi connectivity index (χ4v) is 1.42. The van der Waals surface area contributed by atoms with Gasteiger partial charge in [0.15, 0.2) is 0 Å². The SMILES string of the molecule is O=C(CCCCc1ccc(O)cc1)C(F)(F)F.[CH3-].[K+]. The normalized spacial score (nSPS) is 10.3. The van der Waals surface area contributed by atoms with Gasteiger partial charge in [0.25, 0.3) is 0 Å². The Labute approximate surface area is 153 Å². The van der Waals surface area contributed by atoms with Gasteiger partial charge in [-0.1, -0.05) is 12.1 Å². The second kappa shape index (κ2) is 9.93. The maximum Gasteiger partial charge on any atom is 1.00 e. The summed E-state index contributed by atoms with van der Waals surface area (Å²) in [7, 11) is 0. The van der Waals surface area contributed by atoms with Crippen LogP contribution >= 0.6 is 0 Å². The Kier molecular flexibility index (Phi) is 11.2. The topological polar surface area (TPSA) is 37.3 Å². The van der Waals surface area contributed by atoms with Crippen LogP contribution in [0.5, 0.6) is 5.75 Å². The molecule has 0 radical (unpaired) electrons. The van der Waals surface area contributed by atoms with Crippen molar-refractivity contribution in [1.29, 1.82) is 0 Å². The van der Waals surface area contributed by atoms with E-state index in [1.54, 1.807) is 12.1 Å². The first kappa shape index (κ1) is 21.4. The van der Waals surface area contributed by atoms with Gasteiger partial charge in [0.1, 0.15) is 5.75 Å². The van der Waals surface area contributed by atoms with E-state index < -0.39 is 18.4 Å². The largest absolute Gasteiger partial charge is 1.00 e. The Bertz CT molecular complexity index is 374. The van der Waals surface area contributed by atoms with Crippen molar-refractivity contribution in [2.45, 2.75) is 31.9 Å². The van der Waals surface area contributed by atoms with Crippen LogP contribution in [0.4, 0.5) is 13.2 Å². The number of hydrogen-bond donors (Lipinski definition) is 1. The van der Waals surface area contributed by atoms with Crippen LogP contribution in [0.25, 0.3) is 0 Å². The van der Waals surface area contributed by atoms with E-state index in [-0.39, 0.29) is 71.0 Å². The summed E-state index contributed by atoms with van der Waals surface area (Å²) < 4.78 is 35.6. The minimum atomic E-state index is -4.71. The van der Waals surface area contributed by atoms with Gasteiger partial charge in [0.05, 0.1) is 0 Å². The quantitative estimate of drug-likeness (QED) is 0.493.